The average molecular weight is 350 g/mol. The number of carbonyl (C=O) groups excluding carboxylic acids is 2. The molecule has 0 saturated carbocycles. The molecule has 3 amide bonds. The fourth-order valence-corrected chi connectivity index (χ4v) is 3.70. The van der Waals surface area contributed by atoms with Gasteiger partial charge in [0.15, 0.2) is 0 Å². The van der Waals surface area contributed by atoms with Crippen molar-refractivity contribution in [1.29, 1.82) is 0 Å². The van der Waals surface area contributed by atoms with E-state index in [0.717, 1.165) is 0 Å². The van der Waals surface area contributed by atoms with Crippen molar-refractivity contribution in [2.45, 2.75) is 18.5 Å². The van der Waals surface area contributed by atoms with Gasteiger partial charge in [-0.15, -0.1) is 0 Å². The summed E-state index contributed by atoms with van der Waals surface area (Å²) < 4.78 is 31.6. The third-order valence-corrected chi connectivity index (χ3v) is 4.76. The zero-order valence-corrected chi connectivity index (χ0v) is 12.2. The Bertz CT molecular complexity index is 738. The van der Waals surface area contributed by atoms with E-state index in [1.54, 1.807) is 24.3 Å². The van der Waals surface area contributed by atoms with Gasteiger partial charge in [-0.05, 0) is 30.7 Å². The van der Waals surface area contributed by atoms with Crippen molar-refractivity contribution < 1.29 is 22.6 Å². The number of likely N-dealkylation sites (tertiary alicyclic amines) is 1. The molecule has 23 heavy (non-hydrogen) atoms. The molecule has 0 spiro atoms. The number of anilines is 2. The summed E-state index contributed by atoms with van der Waals surface area (Å²) in [6, 6.07) is 4.44. The molecule has 120 valence electrons. The number of fused-ring (bicyclic) bond motifs is 1. The molecule has 11 heteroatoms. The van der Waals surface area contributed by atoms with E-state index in [1.165, 1.54) is 4.90 Å². The van der Waals surface area contributed by atoms with Gasteiger partial charge in [0.2, 0.25) is 0 Å². The van der Waals surface area contributed by atoms with Gasteiger partial charge >= 0.3 is 45.9 Å². The number of nitrogens with one attached hydrogen (secondary N) is 1. The van der Waals surface area contributed by atoms with E-state index in [9.17, 15) is 18.0 Å². The molecule has 2 saturated heterocycles. The van der Waals surface area contributed by atoms with Gasteiger partial charge in [-0.1, -0.05) is 0 Å². The molecule has 0 aromatic heterocycles. The van der Waals surface area contributed by atoms with E-state index < -0.39 is 34.3 Å². The molecule has 0 unspecified atom stereocenters. The molecular formula is C12H15N4NaO5S. The molecule has 4 N–H and O–H groups in total. The summed E-state index contributed by atoms with van der Waals surface area (Å²) in [6.45, 7) is 0.230. The minimum atomic E-state index is -4.57. The molecule has 0 radical (unpaired) electrons. The Morgan fingerprint density at radius 3 is 2.48 bits per heavy atom. The Labute approximate surface area is 155 Å². The first kappa shape index (κ1) is 18.0. The molecule has 2 fully saturated rings. The van der Waals surface area contributed by atoms with Gasteiger partial charge in [-0.2, -0.15) is 8.42 Å². The number of hydrogen-bond acceptors (Lipinski definition) is 5. The van der Waals surface area contributed by atoms with Gasteiger partial charge in [-0.25, -0.2) is 9.10 Å². The fraction of sp³-hybridized carbons (Fsp3) is 0.333. The van der Waals surface area contributed by atoms with Crippen LogP contribution in [0.1, 0.15) is 6.42 Å². The molecule has 2 heterocycles. The number of hydrogen-bond donors (Lipinski definition) is 3. The second kappa shape index (κ2) is 6.29. The van der Waals surface area contributed by atoms with Crippen LogP contribution in [0.2, 0.25) is 0 Å². The molecule has 9 nitrogen and oxygen atoms in total. The van der Waals surface area contributed by atoms with Crippen LogP contribution in [0.3, 0.4) is 0 Å². The SMILES string of the molecule is Nc1ccc(NC(=O)N2CC[C@@H]3[C@H]2C(=O)N3S(=O)(=O)O)cc1.[NaH]. The average Bonchev–Trinajstić information content (AvgIpc) is 2.78. The number of nitrogens with two attached hydrogens (primary N) is 1. The van der Waals surface area contributed by atoms with Gasteiger partial charge in [-0.3, -0.25) is 9.35 Å². The predicted octanol–water partition coefficient (Wildman–Crippen LogP) is -0.760. The normalized spacial score (nSPS) is 22.9. The third kappa shape index (κ3) is 3.17. The Balaban J connectivity index is 0.00000192. The summed E-state index contributed by atoms with van der Waals surface area (Å²) >= 11 is 0. The van der Waals surface area contributed by atoms with Crippen molar-refractivity contribution in [2.24, 2.45) is 0 Å². The van der Waals surface area contributed by atoms with Crippen LogP contribution >= 0.6 is 0 Å². The van der Waals surface area contributed by atoms with Gasteiger partial charge in [0.1, 0.15) is 6.04 Å². The van der Waals surface area contributed by atoms with E-state index >= 15 is 0 Å². The zero-order chi connectivity index (χ0) is 16.1. The number of rotatable bonds is 2. The van der Waals surface area contributed by atoms with Gasteiger partial charge in [0.25, 0.3) is 5.91 Å². The summed E-state index contributed by atoms with van der Waals surface area (Å²) in [7, 11) is -4.57. The number of β-lactam (4-membered cyclic amide) rings is 1. The maximum atomic E-state index is 12.2. The van der Waals surface area contributed by atoms with Gasteiger partial charge < -0.3 is 16.0 Å². The maximum absolute atomic E-state index is 12.2. The third-order valence-electron chi connectivity index (χ3n) is 3.81. The van der Waals surface area contributed by atoms with Crippen molar-refractivity contribution in [3.8, 4) is 0 Å². The van der Waals surface area contributed by atoms with Crippen molar-refractivity contribution in [3.05, 3.63) is 24.3 Å². The van der Waals surface area contributed by atoms with E-state index in [-0.39, 0.29) is 36.1 Å². The fourth-order valence-electron chi connectivity index (χ4n) is 2.81. The second-order valence-corrected chi connectivity index (χ2v) is 6.45. The number of benzene rings is 1. The molecule has 0 bridgehead atoms. The van der Waals surface area contributed by atoms with Crippen molar-refractivity contribution >= 4 is 63.2 Å². The summed E-state index contributed by atoms with van der Waals surface area (Å²) in [4.78, 5) is 25.3. The number of carbonyl (C=O) groups is 2. The topological polar surface area (TPSA) is 133 Å². The summed E-state index contributed by atoms with van der Waals surface area (Å²) in [5, 5.41) is 2.62. The van der Waals surface area contributed by atoms with E-state index in [2.05, 4.69) is 5.32 Å². The summed E-state index contributed by atoms with van der Waals surface area (Å²) in [5.41, 5.74) is 6.62. The summed E-state index contributed by atoms with van der Waals surface area (Å²) in [5.74, 6) is -0.794. The van der Waals surface area contributed by atoms with Crippen LogP contribution in [0.15, 0.2) is 24.3 Å². The first-order valence-corrected chi connectivity index (χ1v) is 7.92. The van der Waals surface area contributed by atoms with Gasteiger partial charge in [0, 0.05) is 17.9 Å². The molecule has 2 aliphatic heterocycles. The Morgan fingerprint density at radius 1 is 1.30 bits per heavy atom. The Morgan fingerprint density at radius 2 is 1.91 bits per heavy atom. The van der Waals surface area contributed by atoms with E-state index in [4.69, 9.17) is 10.3 Å². The van der Waals surface area contributed by atoms with Crippen LogP contribution in [0, 0.1) is 0 Å². The Kier molecular flexibility index (Phi) is 4.92. The molecule has 2 aliphatic rings. The van der Waals surface area contributed by atoms with Crippen LogP contribution in [0.4, 0.5) is 16.2 Å². The molecule has 0 aliphatic carbocycles. The quantitative estimate of drug-likeness (QED) is 0.278. The number of amides is 3. The number of urea groups is 1. The first-order valence-electron chi connectivity index (χ1n) is 6.53. The van der Waals surface area contributed by atoms with Crippen molar-refractivity contribution in [1.82, 2.24) is 9.21 Å². The minimum absolute atomic E-state index is 0. The first-order chi connectivity index (χ1) is 10.3. The standard InChI is InChI=1S/C12H14N4O5S.Na.H/c13-7-1-3-8(4-2-7)14-12(18)15-6-5-9-10(15)11(17)16(9)22(19,20)21;;/h1-4,9-10H,5-6,13H2,(H,14,18)(H,19,20,21);;/t9-,10+;;/m1../s1. The van der Waals surface area contributed by atoms with Crippen LogP contribution in [-0.4, -0.2) is 82.3 Å². The molecule has 1 aromatic carbocycles. The van der Waals surface area contributed by atoms with Gasteiger partial charge in [0.05, 0.1) is 6.04 Å². The molecular weight excluding hydrogens is 335 g/mol. The predicted molar refractivity (Wildman–Crippen MR) is 84.3 cm³/mol. The zero-order valence-electron chi connectivity index (χ0n) is 11.3. The molecule has 3 rings (SSSR count). The van der Waals surface area contributed by atoms with E-state index in [1.807, 2.05) is 0 Å². The van der Waals surface area contributed by atoms with Crippen molar-refractivity contribution in [3.63, 3.8) is 0 Å². The second-order valence-electron chi connectivity index (χ2n) is 5.16. The Hall–Kier alpha value is -1.33. The van der Waals surface area contributed by atoms with E-state index in [0.29, 0.717) is 22.1 Å². The molecule has 1 aromatic rings. The molecule has 2 atom stereocenters. The van der Waals surface area contributed by atoms with Crippen LogP contribution in [-0.2, 0) is 15.1 Å². The summed E-state index contributed by atoms with van der Waals surface area (Å²) in [6.07, 6.45) is 0.297. The van der Waals surface area contributed by atoms with Crippen LogP contribution in [0.5, 0.6) is 0 Å². The van der Waals surface area contributed by atoms with Crippen LogP contribution < -0.4 is 11.1 Å². The van der Waals surface area contributed by atoms with Crippen LogP contribution in [0.25, 0.3) is 0 Å². The van der Waals surface area contributed by atoms with Crippen molar-refractivity contribution in [2.75, 3.05) is 17.6 Å². The number of nitrogen functional groups attached to an aromatic ring is 1. The monoisotopic (exact) mass is 350 g/mol. The number of nitrogens with zero attached hydrogens (tertiary/aromatic N) is 2.